The Labute approximate surface area is 53.5 Å². The van der Waals surface area contributed by atoms with Crippen LogP contribution in [0.2, 0.25) is 0 Å². The standard InChI is InChI=1S/C4H9NO2S/c6-1-4(2-8)5-3-7/h3-4,6,8H,1-2H2,(H,5,7)/t4-/m1/s1. The molecule has 3 nitrogen and oxygen atoms in total. The molecule has 1 atom stereocenters. The largest absolute Gasteiger partial charge is 0.394 e. The van der Waals surface area contributed by atoms with Crippen molar-refractivity contribution in [3.8, 4) is 0 Å². The number of rotatable bonds is 4. The average molecular weight is 135 g/mol. The zero-order valence-electron chi connectivity index (χ0n) is 4.37. The number of aliphatic hydroxyl groups excluding tert-OH is 1. The van der Waals surface area contributed by atoms with E-state index in [4.69, 9.17) is 5.11 Å². The van der Waals surface area contributed by atoms with E-state index < -0.39 is 0 Å². The summed E-state index contributed by atoms with van der Waals surface area (Å²) in [6.07, 6.45) is 0.553. The molecule has 0 saturated carbocycles. The van der Waals surface area contributed by atoms with Gasteiger partial charge in [0.15, 0.2) is 0 Å². The summed E-state index contributed by atoms with van der Waals surface area (Å²) in [5.74, 6) is 0.468. The van der Waals surface area contributed by atoms with E-state index in [0.717, 1.165) is 0 Å². The minimum Gasteiger partial charge on any atom is -0.394 e. The molecule has 0 aromatic carbocycles. The van der Waals surface area contributed by atoms with Gasteiger partial charge >= 0.3 is 0 Å². The number of hydrogen-bond acceptors (Lipinski definition) is 3. The third-order valence-corrected chi connectivity index (χ3v) is 1.19. The van der Waals surface area contributed by atoms with Gasteiger partial charge in [0.25, 0.3) is 0 Å². The lowest BCUT2D eigenvalue weighted by Gasteiger charge is -2.06. The number of carbonyl (C=O) groups excluding carboxylic acids is 1. The Kier molecular flexibility index (Phi) is 4.79. The topological polar surface area (TPSA) is 49.3 Å². The van der Waals surface area contributed by atoms with Crippen LogP contribution in [0.4, 0.5) is 0 Å². The van der Waals surface area contributed by atoms with Gasteiger partial charge in [-0.3, -0.25) is 4.79 Å². The predicted molar refractivity (Wildman–Crippen MR) is 33.9 cm³/mol. The van der Waals surface area contributed by atoms with Crippen LogP contribution >= 0.6 is 12.6 Å². The van der Waals surface area contributed by atoms with Crippen molar-refractivity contribution in [3.63, 3.8) is 0 Å². The molecule has 0 aromatic rings. The molecule has 0 bridgehead atoms. The van der Waals surface area contributed by atoms with Crippen LogP contribution in [-0.2, 0) is 4.79 Å². The van der Waals surface area contributed by atoms with Crippen LogP contribution < -0.4 is 5.32 Å². The molecule has 48 valence electrons. The molecule has 0 saturated heterocycles. The van der Waals surface area contributed by atoms with Gasteiger partial charge in [-0.05, 0) is 0 Å². The van der Waals surface area contributed by atoms with E-state index in [0.29, 0.717) is 12.2 Å². The van der Waals surface area contributed by atoms with Crippen LogP contribution in [0.5, 0.6) is 0 Å². The van der Waals surface area contributed by atoms with Crippen LogP contribution in [0.15, 0.2) is 0 Å². The Morgan fingerprint density at radius 3 is 2.62 bits per heavy atom. The van der Waals surface area contributed by atoms with Gasteiger partial charge in [0.1, 0.15) is 0 Å². The molecule has 0 fully saturated rings. The van der Waals surface area contributed by atoms with Crippen molar-refractivity contribution in [3.05, 3.63) is 0 Å². The molecule has 0 aliphatic rings. The first kappa shape index (κ1) is 7.78. The van der Waals surface area contributed by atoms with E-state index in [9.17, 15) is 4.79 Å². The highest BCUT2D eigenvalue weighted by molar-refractivity contribution is 7.80. The highest BCUT2D eigenvalue weighted by atomic mass is 32.1. The second-order valence-corrected chi connectivity index (χ2v) is 1.71. The Hall–Kier alpha value is -0.220. The molecular weight excluding hydrogens is 126 g/mol. The van der Waals surface area contributed by atoms with E-state index in [2.05, 4.69) is 17.9 Å². The molecule has 1 amide bonds. The van der Waals surface area contributed by atoms with E-state index in [1.54, 1.807) is 0 Å². The first-order chi connectivity index (χ1) is 3.85. The fraction of sp³-hybridized carbons (Fsp3) is 0.750. The second kappa shape index (κ2) is 4.93. The average Bonchev–Trinajstić information content (AvgIpc) is 1.83. The highest BCUT2D eigenvalue weighted by Gasteiger charge is 1.99. The van der Waals surface area contributed by atoms with Crippen molar-refractivity contribution in [1.82, 2.24) is 5.32 Å². The molecule has 4 heteroatoms. The summed E-state index contributed by atoms with van der Waals surface area (Å²) in [7, 11) is 0. The second-order valence-electron chi connectivity index (χ2n) is 1.35. The van der Waals surface area contributed by atoms with Gasteiger partial charge in [-0.2, -0.15) is 12.6 Å². The zero-order chi connectivity index (χ0) is 6.41. The van der Waals surface area contributed by atoms with E-state index in [1.807, 2.05) is 0 Å². The summed E-state index contributed by atoms with van der Waals surface area (Å²) in [6.45, 7) is -0.0533. The highest BCUT2D eigenvalue weighted by Crippen LogP contribution is 1.82. The van der Waals surface area contributed by atoms with Crippen molar-refractivity contribution in [2.75, 3.05) is 12.4 Å². The monoisotopic (exact) mass is 135 g/mol. The minimum atomic E-state index is -0.198. The quantitative estimate of drug-likeness (QED) is 0.343. The molecule has 0 rings (SSSR count). The van der Waals surface area contributed by atoms with Gasteiger partial charge in [-0.1, -0.05) is 0 Å². The summed E-state index contributed by atoms with van der Waals surface area (Å²) in [4.78, 5) is 9.68. The van der Waals surface area contributed by atoms with Crippen LogP contribution in [0.25, 0.3) is 0 Å². The Bertz CT molecular complexity index is 65.1. The molecular formula is C4H9NO2S. The third-order valence-electron chi connectivity index (χ3n) is 0.745. The fourth-order valence-corrected chi connectivity index (χ4v) is 0.480. The van der Waals surface area contributed by atoms with Crippen molar-refractivity contribution in [1.29, 1.82) is 0 Å². The molecule has 0 aliphatic carbocycles. The predicted octanol–water partition coefficient (Wildman–Crippen LogP) is -0.977. The van der Waals surface area contributed by atoms with Crippen LogP contribution in [0.3, 0.4) is 0 Å². The lowest BCUT2D eigenvalue weighted by atomic mass is 10.4. The molecule has 0 unspecified atom stereocenters. The molecule has 0 spiro atoms. The first-order valence-electron chi connectivity index (χ1n) is 2.26. The lowest BCUT2D eigenvalue weighted by molar-refractivity contribution is -0.110. The van der Waals surface area contributed by atoms with Crippen molar-refractivity contribution in [2.45, 2.75) is 6.04 Å². The molecule has 2 N–H and O–H groups in total. The Morgan fingerprint density at radius 1 is 1.88 bits per heavy atom. The number of amides is 1. The number of nitrogens with one attached hydrogen (secondary N) is 1. The first-order valence-corrected chi connectivity index (χ1v) is 2.89. The molecule has 8 heavy (non-hydrogen) atoms. The van der Waals surface area contributed by atoms with Crippen LogP contribution in [-0.4, -0.2) is 29.9 Å². The van der Waals surface area contributed by atoms with E-state index in [-0.39, 0.29) is 12.6 Å². The SMILES string of the molecule is O=CN[C@H](CO)CS. The van der Waals surface area contributed by atoms with Crippen molar-refractivity contribution < 1.29 is 9.90 Å². The summed E-state index contributed by atoms with van der Waals surface area (Å²) >= 11 is 3.85. The number of aliphatic hydroxyl groups is 1. The lowest BCUT2D eigenvalue weighted by Crippen LogP contribution is -2.32. The Balaban J connectivity index is 3.20. The maximum Gasteiger partial charge on any atom is 0.207 e. The third kappa shape index (κ3) is 2.87. The van der Waals surface area contributed by atoms with E-state index in [1.165, 1.54) is 0 Å². The van der Waals surface area contributed by atoms with Gasteiger partial charge in [-0.25, -0.2) is 0 Å². The molecule has 0 aliphatic heterocycles. The fourth-order valence-electron chi connectivity index (χ4n) is 0.259. The van der Waals surface area contributed by atoms with Gasteiger partial charge < -0.3 is 10.4 Å². The Morgan fingerprint density at radius 2 is 2.50 bits per heavy atom. The maximum absolute atomic E-state index is 9.68. The number of carbonyl (C=O) groups is 1. The van der Waals surface area contributed by atoms with Crippen molar-refractivity contribution >= 4 is 19.0 Å². The summed E-state index contributed by atoms with van der Waals surface area (Å²) in [5.41, 5.74) is 0. The van der Waals surface area contributed by atoms with Crippen LogP contribution in [0, 0.1) is 0 Å². The molecule has 0 radical (unpaired) electrons. The minimum absolute atomic E-state index is 0.0533. The zero-order valence-corrected chi connectivity index (χ0v) is 5.27. The summed E-state index contributed by atoms with van der Waals surface area (Å²) in [6, 6.07) is -0.198. The number of hydrogen-bond donors (Lipinski definition) is 3. The van der Waals surface area contributed by atoms with E-state index >= 15 is 0 Å². The molecule has 0 heterocycles. The van der Waals surface area contributed by atoms with Gasteiger partial charge in [0, 0.05) is 5.75 Å². The van der Waals surface area contributed by atoms with Gasteiger partial charge in [0.05, 0.1) is 12.6 Å². The summed E-state index contributed by atoms with van der Waals surface area (Å²) in [5, 5.41) is 10.8. The van der Waals surface area contributed by atoms with Gasteiger partial charge in [0.2, 0.25) is 6.41 Å². The normalized spacial score (nSPS) is 12.8. The number of thiol groups is 1. The van der Waals surface area contributed by atoms with Crippen LogP contribution in [0.1, 0.15) is 0 Å². The molecule has 0 aromatic heterocycles. The smallest absolute Gasteiger partial charge is 0.207 e. The summed E-state index contributed by atoms with van der Waals surface area (Å²) < 4.78 is 0. The van der Waals surface area contributed by atoms with Crippen molar-refractivity contribution in [2.24, 2.45) is 0 Å². The maximum atomic E-state index is 9.68. The van der Waals surface area contributed by atoms with Gasteiger partial charge in [-0.15, -0.1) is 0 Å².